The molecule has 1 aliphatic carbocycles. The van der Waals surface area contributed by atoms with Gasteiger partial charge in [0.05, 0.1) is 6.04 Å². The number of likely N-dealkylation sites (tertiary alicyclic amines) is 1. The number of aryl methyl sites for hydroxylation is 1. The molecule has 2 atom stereocenters. The van der Waals surface area contributed by atoms with Crippen LogP contribution in [0, 0.1) is 0 Å². The van der Waals surface area contributed by atoms with Gasteiger partial charge >= 0.3 is 0 Å². The van der Waals surface area contributed by atoms with E-state index in [2.05, 4.69) is 44.8 Å². The summed E-state index contributed by atoms with van der Waals surface area (Å²) in [5.74, 6) is 1.73. The van der Waals surface area contributed by atoms with Crippen LogP contribution in [-0.4, -0.2) is 51.2 Å². The molecule has 0 bridgehead atoms. The predicted molar refractivity (Wildman–Crippen MR) is 108 cm³/mol. The van der Waals surface area contributed by atoms with Gasteiger partial charge in [0.15, 0.2) is 0 Å². The van der Waals surface area contributed by atoms with Gasteiger partial charge in [-0.05, 0) is 63.6 Å². The van der Waals surface area contributed by atoms with Crippen molar-refractivity contribution in [1.82, 2.24) is 19.7 Å². The van der Waals surface area contributed by atoms with E-state index in [1.54, 1.807) is 0 Å². The van der Waals surface area contributed by atoms with Crippen molar-refractivity contribution in [2.24, 2.45) is 0 Å². The van der Waals surface area contributed by atoms with Crippen LogP contribution in [-0.2, 0) is 11.2 Å². The van der Waals surface area contributed by atoms with Gasteiger partial charge in [0, 0.05) is 30.7 Å². The van der Waals surface area contributed by atoms with Gasteiger partial charge in [-0.2, -0.15) is 0 Å². The largest absolute Gasteiger partial charge is 0.314 e. The Kier molecular flexibility index (Phi) is 4.67. The maximum Gasteiger partial charge on any atom is 0.244 e. The van der Waals surface area contributed by atoms with Crippen molar-refractivity contribution in [3.05, 3.63) is 42.0 Å². The lowest BCUT2D eigenvalue weighted by Crippen LogP contribution is -2.51. The Morgan fingerprint density at radius 2 is 2.00 bits per heavy atom. The van der Waals surface area contributed by atoms with Crippen LogP contribution in [0.25, 0.3) is 0 Å². The van der Waals surface area contributed by atoms with Crippen LogP contribution in [0.4, 0.5) is 5.69 Å². The smallest absolute Gasteiger partial charge is 0.244 e. The molecule has 1 saturated heterocycles. The maximum atomic E-state index is 13.4. The molecule has 1 saturated carbocycles. The Morgan fingerprint density at radius 1 is 1.14 bits per heavy atom. The third-order valence-corrected chi connectivity index (χ3v) is 6.64. The van der Waals surface area contributed by atoms with E-state index in [1.807, 2.05) is 17.3 Å². The van der Waals surface area contributed by atoms with Crippen molar-refractivity contribution in [2.75, 3.05) is 24.5 Å². The fourth-order valence-electron chi connectivity index (χ4n) is 4.89. The van der Waals surface area contributed by atoms with Gasteiger partial charge in [0.25, 0.3) is 0 Å². The minimum absolute atomic E-state index is 0.105. The normalized spacial score (nSPS) is 24.0. The SMILES string of the molecule is CC(C(=O)N1CCCc2ccccc21)N1CCCC(c2nncn2C2CC2)C1. The molecule has 0 N–H and O–H groups in total. The van der Waals surface area contributed by atoms with E-state index in [-0.39, 0.29) is 11.9 Å². The monoisotopic (exact) mass is 379 g/mol. The maximum absolute atomic E-state index is 13.4. The van der Waals surface area contributed by atoms with Crippen LogP contribution in [0.1, 0.15) is 62.4 Å². The van der Waals surface area contributed by atoms with E-state index >= 15 is 0 Å². The number of carbonyl (C=O) groups is 1. The summed E-state index contributed by atoms with van der Waals surface area (Å²) in [5, 5.41) is 8.63. The average molecular weight is 380 g/mol. The number of piperidine rings is 1. The highest BCUT2D eigenvalue weighted by Gasteiger charge is 2.35. The van der Waals surface area contributed by atoms with E-state index in [4.69, 9.17) is 0 Å². The first-order chi connectivity index (χ1) is 13.7. The second kappa shape index (κ2) is 7.32. The number of hydrogen-bond acceptors (Lipinski definition) is 4. The molecule has 0 radical (unpaired) electrons. The molecule has 148 valence electrons. The zero-order valence-electron chi connectivity index (χ0n) is 16.6. The Bertz CT molecular complexity index is 858. The molecule has 5 rings (SSSR count). The van der Waals surface area contributed by atoms with Crippen molar-refractivity contribution >= 4 is 11.6 Å². The van der Waals surface area contributed by atoms with Crippen LogP contribution in [0.3, 0.4) is 0 Å². The van der Waals surface area contributed by atoms with Gasteiger partial charge in [-0.25, -0.2) is 0 Å². The number of aromatic nitrogens is 3. The molecular weight excluding hydrogens is 350 g/mol. The molecule has 6 nitrogen and oxygen atoms in total. The van der Waals surface area contributed by atoms with Gasteiger partial charge in [0.2, 0.25) is 5.91 Å². The summed E-state index contributed by atoms with van der Waals surface area (Å²) in [4.78, 5) is 17.8. The number of amides is 1. The van der Waals surface area contributed by atoms with E-state index in [9.17, 15) is 4.79 Å². The summed E-state index contributed by atoms with van der Waals surface area (Å²) in [5.41, 5.74) is 2.40. The predicted octanol–water partition coefficient (Wildman–Crippen LogP) is 3.16. The molecule has 28 heavy (non-hydrogen) atoms. The molecule has 2 fully saturated rings. The molecule has 1 aromatic heterocycles. The minimum atomic E-state index is -0.105. The van der Waals surface area contributed by atoms with Gasteiger partial charge < -0.3 is 9.47 Å². The number of hydrogen-bond donors (Lipinski definition) is 0. The number of nitrogens with zero attached hydrogens (tertiary/aromatic N) is 5. The van der Waals surface area contributed by atoms with Gasteiger partial charge in [-0.1, -0.05) is 18.2 Å². The summed E-state index contributed by atoms with van der Waals surface area (Å²) in [7, 11) is 0. The van der Waals surface area contributed by atoms with E-state index in [1.165, 1.54) is 18.4 Å². The van der Waals surface area contributed by atoms with Crippen molar-refractivity contribution in [3.8, 4) is 0 Å². The van der Waals surface area contributed by atoms with Gasteiger partial charge in [0.1, 0.15) is 12.2 Å². The molecule has 2 aliphatic heterocycles. The lowest BCUT2D eigenvalue weighted by atomic mass is 9.95. The molecule has 3 heterocycles. The Morgan fingerprint density at radius 3 is 2.86 bits per heavy atom. The quantitative estimate of drug-likeness (QED) is 0.819. The Labute approximate surface area is 166 Å². The molecular formula is C22H29N5O. The summed E-state index contributed by atoms with van der Waals surface area (Å²) in [6.45, 7) is 4.78. The van der Waals surface area contributed by atoms with Crippen LogP contribution in [0.2, 0.25) is 0 Å². The van der Waals surface area contributed by atoms with Gasteiger partial charge in [-0.3, -0.25) is 9.69 Å². The summed E-state index contributed by atoms with van der Waals surface area (Å²) in [6.07, 6.45) is 8.73. The highest BCUT2D eigenvalue weighted by atomic mass is 16.2. The summed E-state index contributed by atoms with van der Waals surface area (Å²) >= 11 is 0. The van der Waals surface area contributed by atoms with Gasteiger partial charge in [-0.15, -0.1) is 10.2 Å². The van der Waals surface area contributed by atoms with Crippen molar-refractivity contribution in [1.29, 1.82) is 0 Å². The van der Waals surface area contributed by atoms with Crippen LogP contribution < -0.4 is 4.90 Å². The molecule has 3 aliphatic rings. The van der Waals surface area contributed by atoms with Crippen molar-refractivity contribution in [2.45, 2.75) is 63.5 Å². The molecule has 2 unspecified atom stereocenters. The number of anilines is 1. The van der Waals surface area contributed by atoms with Crippen LogP contribution in [0.5, 0.6) is 0 Å². The third kappa shape index (κ3) is 3.24. The highest BCUT2D eigenvalue weighted by Crippen LogP contribution is 2.38. The van der Waals surface area contributed by atoms with E-state index in [0.717, 1.165) is 56.8 Å². The molecule has 6 heteroatoms. The zero-order chi connectivity index (χ0) is 19.1. The Hall–Kier alpha value is -2.21. The average Bonchev–Trinajstić information content (AvgIpc) is 3.48. The molecule has 2 aromatic rings. The lowest BCUT2D eigenvalue weighted by molar-refractivity contribution is -0.123. The lowest BCUT2D eigenvalue weighted by Gasteiger charge is -2.39. The Balaban J connectivity index is 1.32. The van der Waals surface area contributed by atoms with Crippen molar-refractivity contribution < 1.29 is 4.79 Å². The fourth-order valence-corrected chi connectivity index (χ4v) is 4.89. The zero-order valence-corrected chi connectivity index (χ0v) is 16.6. The van der Waals surface area contributed by atoms with Crippen molar-refractivity contribution in [3.63, 3.8) is 0 Å². The third-order valence-electron chi connectivity index (χ3n) is 6.64. The number of para-hydroxylation sites is 1. The first-order valence-electron chi connectivity index (χ1n) is 10.7. The molecule has 0 spiro atoms. The summed E-state index contributed by atoms with van der Waals surface area (Å²) in [6, 6.07) is 8.85. The first kappa shape index (κ1) is 17.9. The van der Waals surface area contributed by atoms with E-state index < -0.39 is 0 Å². The highest BCUT2D eigenvalue weighted by molar-refractivity contribution is 5.98. The standard InChI is InChI=1S/C22H29N5O/c1-16(22(28)26-13-5-7-17-6-2-3-9-20(17)26)25-12-4-8-18(14-25)21-24-23-15-27(21)19-10-11-19/h2-3,6,9,15-16,18-19H,4-5,7-8,10-14H2,1H3. The molecule has 1 aromatic carbocycles. The topological polar surface area (TPSA) is 54.3 Å². The number of carbonyl (C=O) groups excluding carboxylic acids is 1. The second-order valence-electron chi connectivity index (χ2n) is 8.56. The minimum Gasteiger partial charge on any atom is -0.314 e. The van der Waals surface area contributed by atoms with E-state index in [0.29, 0.717) is 12.0 Å². The molecule has 1 amide bonds. The number of fused-ring (bicyclic) bond motifs is 1. The second-order valence-corrected chi connectivity index (χ2v) is 8.56. The number of benzene rings is 1. The number of rotatable bonds is 4. The fraction of sp³-hybridized carbons (Fsp3) is 0.591. The summed E-state index contributed by atoms with van der Waals surface area (Å²) < 4.78 is 2.28. The first-order valence-corrected chi connectivity index (χ1v) is 10.7. The van der Waals surface area contributed by atoms with Crippen LogP contribution >= 0.6 is 0 Å². The van der Waals surface area contributed by atoms with Crippen LogP contribution in [0.15, 0.2) is 30.6 Å².